The fourth-order valence-corrected chi connectivity index (χ4v) is 2.56. The minimum atomic E-state index is -0.0437. The summed E-state index contributed by atoms with van der Waals surface area (Å²) < 4.78 is 11.1. The van der Waals surface area contributed by atoms with Gasteiger partial charge in [-0.3, -0.25) is 0 Å². The highest BCUT2D eigenvalue weighted by atomic mass is 28.1. The molecule has 0 spiro atoms. The monoisotopic (exact) mass is 298 g/mol. The first-order chi connectivity index (χ1) is 10.2. The van der Waals surface area contributed by atoms with Crippen molar-refractivity contribution in [1.29, 1.82) is 0 Å². The van der Waals surface area contributed by atoms with Crippen molar-refractivity contribution in [2.75, 3.05) is 13.7 Å². The van der Waals surface area contributed by atoms with Crippen LogP contribution in [0.15, 0.2) is 54.6 Å². The van der Waals surface area contributed by atoms with E-state index in [4.69, 9.17) is 15.2 Å². The van der Waals surface area contributed by atoms with E-state index < -0.39 is 0 Å². The second-order valence-corrected chi connectivity index (χ2v) is 5.45. The van der Waals surface area contributed by atoms with Crippen molar-refractivity contribution in [1.82, 2.24) is 0 Å². The number of benzene rings is 2. The van der Waals surface area contributed by atoms with Crippen LogP contribution in [0.25, 0.3) is 0 Å². The third-order valence-corrected chi connectivity index (χ3v) is 4.10. The standard InChI is InChI=1S/C17H20NO2Si/c1-19-16(11-18)17(21)14-7-9-15(10-8-14)20-12-13-5-3-2-4-6-13/h2-10,16-17H,11-12,18H2,1H3/t16-,17?/m1/s1. The van der Waals surface area contributed by atoms with Crippen molar-refractivity contribution < 1.29 is 9.47 Å². The molecule has 0 saturated heterocycles. The van der Waals surface area contributed by atoms with E-state index in [-0.39, 0.29) is 11.6 Å². The molecule has 21 heavy (non-hydrogen) atoms. The third-order valence-electron chi connectivity index (χ3n) is 3.39. The molecule has 0 aromatic heterocycles. The average Bonchev–Trinajstić information content (AvgIpc) is 2.55. The summed E-state index contributed by atoms with van der Waals surface area (Å²) in [6, 6.07) is 18.1. The Labute approximate surface area is 129 Å². The van der Waals surface area contributed by atoms with Gasteiger partial charge < -0.3 is 15.2 Å². The van der Waals surface area contributed by atoms with E-state index in [9.17, 15) is 0 Å². The van der Waals surface area contributed by atoms with Gasteiger partial charge in [0.25, 0.3) is 0 Å². The van der Waals surface area contributed by atoms with E-state index >= 15 is 0 Å². The van der Waals surface area contributed by atoms with Crippen LogP contribution in [0.4, 0.5) is 0 Å². The molecule has 4 heteroatoms. The van der Waals surface area contributed by atoms with Crippen LogP contribution in [0.5, 0.6) is 5.75 Å². The lowest BCUT2D eigenvalue weighted by molar-refractivity contribution is 0.105. The van der Waals surface area contributed by atoms with Crippen molar-refractivity contribution in [3.05, 3.63) is 65.7 Å². The van der Waals surface area contributed by atoms with Crippen LogP contribution in [0.3, 0.4) is 0 Å². The quantitative estimate of drug-likeness (QED) is 0.799. The predicted molar refractivity (Wildman–Crippen MR) is 85.6 cm³/mol. The van der Waals surface area contributed by atoms with Gasteiger partial charge >= 0.3 is 0 Å². The van der Waals surface area contributed by atoms with Crippen LogP contribution in [0.2, 0.25) is 0 Å². The molecule has 0 amide bonds. The number of hydrogen-bond donors (Lipinski definition) is 1. The molecule has 3 nitrogen and oxygen atoms in total. The van der Waals surface area contributed by atoms with E-state index in [0.29, 0.717) is 13.2 Å². The van der Waals surface area contributed by atoms with Crippen LogP contribution in [0, 0.1) is 0 Å². The lowest BCUT2D eigenvalue weighted by Gasteiger charge is -2.21. The van der Waals surface area contributed by atoms with E-state index in [2.05, 4.69) is 10.2 Å². The Balaban J connectivity index is 1.95. The molecule has 0 aliphatic carbocycles. The van der Waals surface area contributed by atoms with Gasteiger partial charge in [-0.1, -0.05) is 42.5 Å². The summed E-state index contributed by atoms with van der Waals surface area (Å²) >= 11 is 0. The van der Waals surface area contributed by atoms with E-state index in [1.165, 1.54) is 0 Å². The van der Waals surface area contributed by atoms with Gasteiger partial charge in [0.15, 0.2) is 0 Å². The number of hydrogen-bond acceptors (Lipinski definition) is 3. The van der Waals surface area contributed by atoms with E-state index in [0.717, 1.165) is 16.9 Å². The van der Waals surface area contributed by atoms with Crippen LogP contribution in [-0.4, -0.2) is 30.0 Å². The highest BCUT2D eigenvalue weighted by molar-refractivity contribution is 6.12. The molecule has 0 aliphatic rings. The summed E-state index contributed by atoms with van der Waals surface area (Å²) in [5, 5.41) is 0. The van der Waals surface area contributed by atoms with Crippen molar-refractivity contribution in [2.45, 2.75) is 18.3 Å². The summed E-state index contributed by atoms with van der Waals surface area (Å²) in [7, 11) is 5.35. The zero-order valence-electron chi connectivity index (χ0n) is 12.2. The maximum atomic E-state index is 5.77. The topological polar surface area (TPSA) is 44.5 Å². The van der Waals surface area contributed by atoms with E-state index in [1.54, 1.807) is 7.11 Å². The molecule has 2 N–H and O–H groups in total. The van der Waals surface area contributed by atoms with Crippen molar-refractivity contribution >= 4 is 10.2 Å². The third kappa shape index (κ3) is 4.42. The van der Waals surface area contributed by atoms with Crippen LogP contribution in [0.1, 0.15) is 16.7 Å². The predicted octanol–water partition coefficient (Wildman–Crippen LogP) is 2.45. The molecular weight excluding hydrogens is 278 g/mol. The van der Waals surface area contributed by atoms with Gasteiger partial charge in [-0.2, -0.15) is 0 Å². The fourth-order valence-electron chi connectivity index (χ4n) is 2.10. The minimum Gasteiger partial charge on any atom is -0.489 e. The van der Waals surface area contributed by atoms with Crippen molar-refractivity contribution in [2.24, 2.45) is 5.73 Å². The molecule has 0 heterocycles. The van der Waals surface area contributed by atoms with Crippen molar-refractivity contribution in [3.8, 4) is 5.75 Å². The van der Waals surface area contributed by atoms with Gasteiger partial charge in [0.1, 0.15) is 12.4 Å². The van der Waals surface area contributed by atoms with Gasteiger partial charge in [0, 0.05) is 23.9 Å². The molecule has 2 atom stereocenters. The first-order valence-corrected chi connectivity index (χ1v) is 7.53. The molecule has 0 bridgehead atoms. The number of methoxy groups -OCH3 is 1. The van der Waals surface area contributed by atoms with E-state index in [1.807, 2.05) is 54.6 Å². The second kappa shape index (κ2) is 7.98. The Bertz CT molecular complexity index is 526. The molecule has 0 saturated carbocycles. The largest absolute Gasteiger partial charge is 0.489 e. The average molecular weight is 298 g/mol. The SMILES string of the molecule is CO[C@H](CN)C([Si])c1ccc(OCc2ccccc2)cc1. The van der Waals surface area contributed by atoms with Crippen LogP contribution < -0.4 is 10.5 Å². The molecule has 0 aliphatic heterocycles. The molecule has 2 rings (SSSR count). The van der Waals surface area contributed by atoms with Gasteiger partial charge in [-0.15, -0.1) is 0 Å². The van der Waals surface area contributed by atoms with Gasteiger partial charge in [0.05, 0.1) is 6.10 Å². The molecule has 2 aromatic carbocycles. The molecule has 1 unspecified atom stereocenters. The Hall–Kier alpha value is -1.62. The smallest absolute Gasteiger partial charge is 0.119 e. The first-order valence-electron chi connectivity index (χ1n) is 6.95. The highest BCUT2D eigenvalue weighted by Gasteiger charge is 2.16. The number of rotatable bonds is 7. The second-order valence-electron chi connectivity index (χ2n) is 4.83. The molecule has 3 radical (unpaired) electrons. The number of ether oxygens (including phenoxy) is 2. The highest BCUT2D eigenvalue weighted by Crippen LogP contribution is 2.21. The molecule has 0 fully saturated rings. The normalized spacial score (nSPS) is 13.7. The summed E-state index contributed by atoms with van der Waals surface area (Å²) in [5.41, 5.74) is 8.03. The Morgan fingerprint density at radius 3 is 2.29 bits per heavy atom. The van der Waals surface area contributed by atoms with Crippen LogP contribution in [-0.2, 0) is 11.3 Å². The maximum Gasteiger partial charge on any atom is 0.119 e. The van der Waals surface area contributed by atoms with Crippen molar-refractivity contribution in [3.63, 3.8) is 0 Å². The zero-order chi connectivity index (χ0) is 15.1. The lowest BCUT2D eigenvalue weighted by atomic mass is 10.1. The van der Waals surface area contributed by atoms with Gasteiger partial charge in [-0.25, -0.2) is 0 Å². The molecular formula is C17H20NO2Si. The molecule has 109 valence electrons. The maximum absolute atomic E-state index is 5.77. The van der Waals surface area contributed by atoms with Gasteiger partial charge in [-0.05, 0) is 28.8 Å². The summed E-state index contributed by atoms with van der Waals surface area (Å²) in [6.45, 7) is 1.04. The summed E-state index contributed by atoms with van der Waals surface area (Å²) in [4.78, 5) is 0. The minimum absolute atomic E-state index is 0.0437. The first kappa shape index (κ1) is 15.8. The Morgan fingerprint density at radius 1 is 1.05 bits per heavy atom. The summed E-state index contributed by atoms with van der Waals surface area (Å²) in [5.74, 6) is 0.850. The number of nitrogens with two attached hydrogens (primary N) is 1. The Morgan fingerprint density at radius 2 is 1.71 bits per heavy atom. The fraction of sp³-hybridized carbons (Fsp3) is 0.294. The zero-order valence-corrected chi connectivity index (χ0v) is 13.2. The summed E-state index contributed by atoms with van der Waals surface area (Å²) in [6.07, 6.45) is -0.0437. The molecule has 2 aromatic rings. The lowest BCUT2D eigenvalue weighted by Crippen LogP contribution is -2.29. The van der Waals surface area contributed by atoms with Crippen LogP contribution >= 0.6 is 0 Å². The van der Waals surface area contributed by atoms with Gasteiger partial charge in [0.2, 0.25) is 0 Å². The Kier molecular flexibility index (Phi) is 5.99.